The first-order chi connectivity index (χ1) is 12.2. The molecule has 124 valence electrons. The maximum Gasteiger partial charge on any atom is -0.00266 e. The molecule has 0 N–H and O–H groups in total. The van der Waals surface area contributed by atoms with Crippen molar-refractivity contribution in [2.45, 2.75) is 33.1 Å². The van der Waals surface area contributed by atoms with Gasteiger partial charge in [0.2, 0.25) is 0 Å². The van der Waals surface area contributed by atoms with Crippen molar-refractivity contribution in [3.63, 3.8) is 0 Å². The summed E-state index contributed by atoms with van der Waals surface area (Å²) in [6, 6.07) is 26.8. The van der Waals surface area contributed by atoms with Gasteiger partial charge in [-0.15, -0.1) is 0 Å². The van der Waals surface area contributed by atoms with Crippen molar-refractivity contribution in [1.82, 2.24) is 0 Å². The molecule has 4 aromatic rings. The molecule has 0 nitrogen and oxygen atoms in total. The van der Waals surface area contributed by atoms with Crippen LogP contribution in [0.25, 0.3) is 32.7 Å². The molecule has 4 aromatic carbocycles. The summed E-state index contributed by atoms with van der Waals surface area (Å²) in [6.07, 6.45) is 1.18. The van der Waals surface area contributed by atoms with Gasteiger partial charge in [0, 0.05) is 0 Å². The predicted molar refractivity (Wildman–Crippen MR) is 110 cm³/mol. The molecule has 1 atom stereocenters. The molecular formula is C25H24. The highest BCUT2D eigenvalue weighted by molar-refractivity contribution is 6.14. The van der Waals surface area contributed by atoms with Crippen LogP contribution in [-0.2, 0) is 0 Å². The van der Waals surface area contributed by atoms with Crippen LogP contribution < -0.4 is 0 Å². The Bertz CT molecular complexity index is 982. The molecule has 0 heteroatoms. The van der Waals surface area contributed by atoms with Gasteiger partial charge in [-0.3, -0.25) is 0 Å². The quantitative estimate of drug-likeness (QED) is 0.343. The third-order valence-corrected chi connectivity index (χ3v) is 5.58. The number of aryl methyl sites for hydroxylation is 1. The summed E-state index contributed by atoms with van der Waals surface area (Å²) in [7, 11) is 0. The van der Waals surface area contributed by atoms with E-state index in [4.69, 9.17) is 0 Å². The fraction of sp³-hybridized carbons (Fsp3) is 0.200. The van der Waals surface area contributed by atoms with Crippen LogP contribution in [0.3, 0.4) is 0 Å². The Labute approximate surface area is 150 Å². The minimum atomic E-state index is 0.612. The monoisotopic (exact) mass is 324 g/mol. The summed E-state index contributed by atoms with van der Waals surface area (Å²) in [5, 5.41) is 5.38. The zero-order chi connectivity index (χ0) is 17.4. The Morgan fingerprint density at radius 2 is 1.16 bits per heavy atom. The second-order valence-corrected chi connectivity index (χ2v) is 7.02. The lowest BCUT2D eigenvalue weighted by Crippen LogP contribution is -1.92. The van der Waals surface area contributed by atoms with Gasteiger partial charge < -0.3 is 0 Å². The Balaban J connectivity index is 2.04. The smallest absolute Gasteiger partial charge is 0.00266 e. The Morgan fingerprint density at radius 3 is 1.64 bits per heavy atom. The van der Waals surface area contributed by atoms with Gasteiger partial charge in [0.15, 0.2) is 0 Å². The molecule has 4 rings (SSSR count). The molecule has 0 amide bonds. The first-order valence-corrected chi connectivity index (χ1v) is 9.21. The average molecular weight is 324 g/mol. The molecule has 0 heterocycles. The molecule has 0 saturated heterocycles. The highest BCUT2D eigenvalue weighted by Gasteiger charge is 2.13. The van der Waals surface area contributed by atoms with Gasteiger partial charge in [-0.25, -0.2) is 0 Å². The maximum atomic E-state index is 2.30. The van der Waals surface area contributed by atoms with Crippen LogP contribution in [0.4, 0.5) is 0 Å². The molecular weight excluding hydrogens is 300 g/mol. The Morgan fingerprint density at radius 1 is 0.680 bits per heavy atom. The van der Waals surface area contributed by atoms with Gasteiger partial charge in [-0.1, -0.05) is 86.6 Å². The Kier molecular flexibility index (Phi) is 4.05. The topological polar surface area (TPSA) is 0 Å². The largest absolute Gasteiger partial charge is 0.0648 e. The lowest BCUT2D eigenvalue weighted by Gasteiger charge is -2.16. The fourth-order valence-corrected chi connectivity index (χ4v) is 3.87. The van der Waals surface area contributed by atoms with E-state index in [1.165, 1.54) is 50.2 Å². The zero-order valence-electron chi connectivity index (χ0n) is 15.2. The van der Waals surface area contributed by atoms with Crippen LogP contribution in [0.5, 0.6) is 0 Å². The summed E-state index contributed by atoms with van der Waals surface area (Å²) in [5.41, 5.74) is 5.45. The van der Waals surface area contributed by atoms with E-state index >= 15 is 0 Å². The number of benzene rings is 4. The van der Waals surface area contributed by atoms with Crippen LogP contribution in [0.2, 0.25) is 0 Å². The summed E-state index contributed by atoms with van der Waals surface area (Å²) in [4.78, 5) is 0. The van der Waals surface area contributed by atoms with Crippen LogP contribution in [0.1, 0.15) is 37.3 Å². The molecule has 1 unspecified atom stereocenters. The molecule has 25 heavy (non-hydrogen) atoms. The van der Waals surface area contributed by atoms with Crippen LogP contribution in [0.15, 0.2) is 72.8 Å². The van der Waals surface area contributed by atoms with Crippen LogP contribution in [-0.4, -0.2) is 0 Å². The summed E-state index contributed by atoms with van der Waals surface area (Å²) < 4.78 is 0. The molecule has 0 radical (unpaired) electrons. The SMILES string of the molecule is CCC(C)c1ccc(-c2c3ccccc3c(C)c3ccccc23)cc1. The normalized spacial score (nSPS) is 12.6. The van der Waals surface area contributed by atoms with Crippen molar-refractivity contribution in [1.29, 1.82) is 0 Å². The first kappa shape index (κ1) is 15.9. The van der Waals surface area contributed by atoms with E-state index in [2.05, 4.69) is 93.6 Å². The Hall–Kier alpha value is -2.60. The molecule has 0 aliphatic heterocycles. The van der Waals surface area contributed by atoms with Crippen molar-refractivity contribution < 1.29 is 0 Å². The van der Waals surface area contributed by atoms with Crippen LogP contribution >= 0.6 is 0 Å². The van der Waals surface area contributed by atoms with E-state index in [9.17, 15) is 0 Å². The third-order valence-electron chi connectivity index (χ3n) is 5.58. The minimum absolute atomic E-state index is 0.612. The highest BCUT2D eigenvalue weighted by Crippen LogP contribution is 2.39. The number of fused-ring (bicyclic) bond motifs is 2. The molecule has 0 saturated carbocycles. The van der Waals surface area contributed by atoms with Crippen molar-refractivity contribution in [3.8, 4) is 11.1 Å². The maximum absolute atomic E-state index is 2.30. The van der Waals surface area contributed by atoms with Gasteiger partial charge in [0.05, 0.1) is 0 Å². The molecule has 0 spiro atoms. The van der Waals surface area contributed by atoms with Gasteiger partial charge in [0.1, 0.15) is 0 Å². The second kappa shape index (κ2) is 6.37. The molecule has 0 bridgehead atoms. The van der Waals surface area contributed by atoms with E-state index in [1.54, 1.807) is 0 Å². The molecule has 0 aromatic heterocycles. The van der Waals surface area contributed by atoms with Gasteiger partial charge in [0.25, 0.3) is 0 Å². The van der Waals surface area contributed by atoms with E-state index in [1.807, 2.05) is 0 Å². The van der Waals surface area contributed by atoms with Crippen molar-refractivity contribution in [3.05, 3.63) is 83.9 Å². The lowest BCUT2D eigenvalue weighted by atomic mass is 9.88. The van der Waals surface area contributed by atoms with Gasteiger partial charge in [-0.2, -0.15) is 0 Å². The number of hydrogen-bond acceptors (Lipinski definition) is 0. The standard InChI is InChI=1S/C25H24/c1-4-17(2)19-13-15-20(16-14-19)25-23-11-7-5-9-21(23)18(3)22-10-6-8-12-24(22)25/h5-17H,4H2,1-3H3. The summed E-state index contributed by atoms with van der Waals surface area (Å²) in [6.45, 7) is 6.78. The third kappa shape index (κ3) is 2.62. The number of hydrogen-bond donors (Lipinski definition) is 0. The molecule has 0 fully saturated rings. The lowest BCUT2D eigenvalue weighted by molar-refractivity contribution is 0.734. The predicted octanol–water partition coefficient (Wildman–Crippen LogP) is 7.48. The van der Waals surface area contributed by atoms with Gasteiger partial charge >= 0.3 is 0 Å². The average Bonchev–Trinajstić information content (AvgIpc) is 2.68. The highest BCUT2D eigenvalue weighted by atomic mass is 14.2. The minimum Gasteiger partial charge on any atom is -0.0648 e. The second-order valence-electron chi connectivity index (χ2n) is 7.02. The molecule has 0 aliphatic carbocycles. The zero-order valence-corrected chi connectivity index (χ0v) is 15.2. The number of rotatable bonds is 3. The van der Waals surface area contributed by atoms with Crippen molar-refractivity contribution in [2.24, 2.45) is 0 Å². The fourth-order valence-electron chi connectivity index (χ4n) is 3.87. The van der Waals surface area contributed by atoms with E-state index in [-0.39, 0.29) is 0 Å². The molecule has 0 aliphatic rings. The van der Waals surface area contributed by atoms with E-state index in [0.717, 1.165) is 0 Å². The first-order valence-electron chi connectivity index (χ1n) is 9.21. The van der Waals surface area contributed by atoms with E-state index in [0.29, 0.717) is 5.92 Å². The van der Waals surface area contributed by atoms with Gasteiger partial charge in [-0.05, 0) is 63.1 Å². The summed E-state index contributed by atoms with van der Waals surface area (Å²) >= 11 is 0. The van der Waals surface area contributed by atoms with Crippen molar-refractivity contribution in [2.75, 3.05) is 0 Å². The van der Waals surface area contributed by atoms with Crippen molar-refractivity contribution >= 4 is 21.5 Å². The summed E-state index contributed by atoms with van der Waals surface area (Å²) in [5.74, 6) is 0.612. The van der Waals surface area contributed by atoms with E-state index < -0.39 is 0 Å². The van der Waals surface area contributed by atoms with Crippen LogP contribution in [0, 0.1) is 6.92 Å².